The van der Waals surface area contributed by atoms with E-state index in [1.807, 2.05) is 0 Å². The molecule has 4 unspecified atom stereocenters. The number of nitrogens with zero attached hydrogens (tertiary/aromatic N) is 2. The van der Waals surface area contributed by atoms with E-state index in [0.29, 0.717) is 0 Å². The maximum absolute atomic E-state index is 3.72. The Morgan fingerprint density at radius 1 is 0.810 bits per heavy atom. The zero-order chi connectivity index (χ0) is 14.4. The van der Waals surface area contributed by atoms with Crippen LogP contribution in [0.25, 0.3) is 0 Å². The quantitative estimate of drug-likeness (QED) is 0.862. The van der Waals surface area contributed by atoms with Gasteiger partial charge >= 0.3 is 0 Å². The summed E-state index contributed by atoms with van der Waals surface area (Å²) < 4.78 is 0. The SMILES string of the molecule is CCNC1CC2CCC(C1)N2C1CC2CCCC(C1)N2C. The first-order valence-corrected chi connectivity index (χ1v) is 9.49. The van der Waals surface area contributed by atoms with Crippen LogP contribution in [0, 0.1) is 0 Å². The molecule has 0 aromatic heterocycles. The molecule has 4 atom stereocenters. The summed E-state index contributed by atoms with van der Waals surface area (Å²) in [4.78, 5) is 5.72. The fourth-order valence-electron chi connectivity index (χ4n) is 6.10. The molecule has 4 rings (SSSR count). The first-order chi connectivity index (χ1) is 10.3. The minimum absolute atomic E-state index is 0.800. The van der Waals surface area contributed by atoms with Crippen LogP contribution < -0.4 is 5.32 Å². The normalized spacial score (nSPS) is 47.7. The van der Waals surface area contributed by atoms with Crippen LogP contribution in [-0.2, 0) is 0 Å². The molecule has 21 heavy (non-hydrogen) atoms. The number of hydrogen-bond donors (Lipinski definition) is 1. The van der Waals surface area contributed by atoms with Gasteiger partial charge < -0.3 is 10.2 Å². The molecule has 4 heterocycles. The molecular formula is C18H33N3. The average Bonchev–Trinajstić information content (AvgIpc) is 2.71. The third kappa shape index (κ3) is 2.55. The molecule has 4 fully saturated rings. The summed E-state index contributed by atoms with van der Waals surface area (Å²) in [6.45, 7) is 3.40. The highest BCUT2D eigenvalue weighted by molar-refractivity contribution is 5.03. The van der Waals surface area contributed by atoms with Gasteiger partial charge in [0.1, 0.15) is 0 Å². The van der Waals surface area contributed by atoms with Gasteiger partial charge in [0.2, 0.25) is 0 Å². The van der Waals surface area contributed by atoms with Gasteiger partial charge in [-0.05, 0) is 65.0 Å². The Kier molecular flexibility index (Phi) is 4.01. The average molecular weight is 291 g/mol. The second-order valence-corrected chi connectivity index (χ2v) is 8.09. The molecule has 4 aliphatic rings. The van der Waals surface area contributed by atoms with Crippen LogP contribution in [0.5, 0.6) is 0 Å². The summed E-state index contributed by atoms with van der Waals surface area (Å²) >= 11 is 0. The third-order valence-electron chi connectivity index (χ3n) is 7.02. The van der Waals surface area contributed by atoms with E-state index >= 15 is 0 Å². The Balaban J connectivity index is 1.45. The van der Waals surface area contributed by atoms with Gasteiger partial charge in [-0.15, -0.1) is 0 Å². The maximum Gasteiger partial charge on any atom is 0.0131 e. The van der Waals surface area contributed by atoms with E-state index < -0.39 is 0 Å². The fourth-order valence-corrected chi connectivity index (χ4v) is 6.10. The molecule has 3 nitrogen and oxygen atoms in total. The summed E-state index contributed by atoms with van der Waals surface area (Å²) in [5.74, 6) is 0. The maximum atomic E-state index is 3.72. The summed E-state index contributed by atoms with van der Waals surface area (Å²) in [5, 5.41) is 3.72. The number of nitrogens with one attached hydrogen (secondary N) is 1. The molecule has 0 aliphatic carbocycles. The Hall–Kier alpha value is -0.120. The van der Waals surface area contributed by atoms with Crippen molar-refractivity contribution in [3.63, 3.8) is 0 Å². The topological polar surface area (TPSA) is 18.5 Å². The molecule has 120 valence electrons. The minimum Gasteiger partial charge on any atom is -0.314 e. The lowest BCUT2D eigenvalue weighted by atomic mass is 9.80. The lowest BCUT2D eigenvalue weighted by Gasteiger charge is -2.53. The van der Waals surface area contributed by atoms with Crippen molar-refractivity contribution in [2.45, 2.75) is 101 Å². The first kappa shape index (κ1) is 14.5. The summed E-state index contributed by atoms with van der Waals surface area (Å²) in [7, 11) is 2.39. The van der Waals surface area contributed by atoms with Gasteiger partial charge in [-0.3, -0.25) is 4.90 Å². The van der Waals surface area contributed by atoms with E-state index in [1.165, 1.54) is 57.8 Å². The van der Waals surface area contributed by atoms with Crippen molar-refractivity contribution < 1.29 is 0 Å². The van der Waals surface area contributed by atoms with Gasteiger partial charge in [-0.1, -0.05) is 13.3 Å². The zero-order valence-electron chi connectivity index (χ0n) is 13.9. The van der Waals surface area contributed by atoms with Crippen molar-refractivity contribution in [2.24, 2.45) is 0 Å². The summed E-state index contributed by atoms with van der Waals surface area (Å²) in [6.07, 6.45) is 13.0. The van der Waals surface area contributed by atoms with Gasteiger partial charge in [0.25, 0.3) is 0 Å². The molecule has 0 amide bonds. The predicted octanol–water partition coefficient (Wildman–Crippen LogP) is 2.61. The van der Waals surface area contributed by atoms with Gasteiger partial charge in [-0.25, -0.2) is 0 Å². The molecule has 4 saturated heterocycles. The molecule has 0 spiro atoms. The number of fused-ring (bicyclic) bond motifs is 4. The van der Waals surface area contributed by atoms with Crippen molar-refractivity contribution in [3.05, 3.63) is 0 Å². The van der Waals surface area contributed by atoms with Crippen LogP contribution >= 0.6 is 0 Å². The molecule has 4 bridgehead atoms. The lowest BCUT2D eigenvalue weighted by molar-refractivity contribution is -0.0231. The van der Waals surface area contributed by atoms with Gasteiger partial charge in [0, 0.05) is 36.3 Å². The van der Waals surface area contributed by atoms with Crippen molar-refractivity contribution in [3.8, 4) is 0 Å². The Bertz CT molecular complexity index is 343. The minimum atomic E-state index is 0.800. The van der Waals surface area contributed by atoms with Crippen LogP contribution in [0.1, 0.15) is 64.7 Å². The van der Waals surface area contributed by atoms with Crippen LogP contribution in [-0.4, -0.2) is 59.6 Å². The molecule has 0 aromatic rings. The Morgan fingerprint density at radius 3 is 2.00 bits per heavy atom. The molecule has 3 heteroatoms. The smallest absolute Gasteiger partial charge is 0.0131 e. The number of piperidine rings is 3. The summed E-state index contributed by atoms with van der Waals surface area (Å²) in [6, 6.07) is 5.25. The van der Waals surface area contributed by atoms with E-state index in [9.17, 15) is 0 Å². The Morgan fingerprint density at radius 2 is 1.43 bits per heavy atom. The zero-order valence-corrected chi connectivity index (χ0v) is 13.9. The van der Waals surface area contributed by atoms with E-state index in [-0.39, 0.29) is 0 Å². The largest absolute Gasteiger partial charge is 0.314 e. The van der Waals surface area contributed by atoms with Crippen molar-refractivity contribution in [2.75, 3.05) is 13.6 Å². The van der Waals surface area contributed by atoms with Crippen LogP contribution in [0.2, 0.25) is 0 Å². The van der Waals surface area contributed by atoms with Crippen LogP contribution in [0.4, 0.5) is 0 Å². The van der Waals surface area contributed by atoms with Gasteiger partial charge in [0.05, 0.1) is 0 Å². The predicted molar refractivity (Wildman–Crippen MR) is 87.6 cm³/mol. The number of rotatable bonds is 3. The van der Waals surface area contributed by atoms with E-state index in [2.05, 4.69) is 29.1 Å². The molecule has 0 aromatic carbocycles. The van der Waals surface area contributed by atoms with Crippen molar-refractivity contribution >= 4 is 0 Å². The van der Waals surface area contributed by atoms with Crippen molar-refractivity contribution in [1.82, 2.24) is 15.1 Å². The molecule has 0 radical (unpaired) electrons. The monoisotopic (exact) mass is 291 g/mol. The lowest BCUT2D eigenvalue weighted by Crippen LogP contribution is -2.60. The standard InChI is InChI=1S/C18H33N3/c1-3-19-13-9-16-7-8-17(10-13)21(16)18-11-14-5-4-6-15(12-18)20(14)2/h13-19H,3-12H2,1-2H3. The van der Waals surface area contributed by atoms with Crippen molar-refractivity contribution in [1.29, 1.82) is 0 Å². The number of hydrogen-bond acceptors (Lipinski definition) is 3. The molecule has 1 N–H and O–H groups in total. The van der Waals surface area contributed by atoms with E-state index in [4.69, 9.17) is 0 Å². The van der Waals surface area contributed by atoms with Gasteiger partial charge in [0.15, 0.2) is 0 Å². The fraction of sp³-hybridized carbons (Fsp3) is 1.00. The first-order valence-electron chi connectivity index (χ1n) is 9.49. The van der Waals surface area contributed by atoms with Crippen LogP contribution in [0.15, 0.2) is 0 Å². The molecule has 0 saturated carbocycles. The highest BCUT2D eigenvalue weighted by Crippen LogP contribution is 2.43. The second-order valence-electron chi connectivity index (χ2n) is 8.09. The second kappa shape index (κ2) is 5.82. The third-order valence-corrected chi connectivity index (χ3v) is 7.02. The highest BCUT2D eigenvalue weighted by Gasteiger charge is 2.47. The van der Waals surface area contributed by atoms with Gasteiger partial charge in [-0.2, -0.15) is 0 Å². The molecule has 4 aliphatic heterocycles. The van der Waals surface area contributed by atoms with E-state index in [0.717, 1.165) is 42.8 Å². The van der Waals surface area contributed by atoms with Crippen LogP contribution in [0.3, 0.4) is 0 Å². The highest BCUT2D eigenvalue weighted by atomic mass is 15.3. The van der Waals surface area contributed by atoms with E-state index in [1.54, 1.807) is 0 Å². The Labute approximate surface area is 130 Å². The summed E-state index contributed by atoms with van der Waals surface area (Å²) in [5.41, 5.74) is 0. The molecular weight excluding hydrogens is 258 g/mol.